The van der Waals surface area contributed by atoms with Gasteiger partial charge in [-0.05, 0) is 50.2 Å². The Bertz CT molecular complexity index is 1090. The molecule has 28 heavy (non-hydrogen) atoms. The maximum absolute atomic E-state index is 12.7. The van der Waals surface area contributed by atoms with Gasteiger partial charge in [0.2, 0.25) is 5.91 Å². The molecule has 2 N–H and O–H groups in total. The van der Waals surface area contributed by atoms with Crippen LogP contribution in [0.5, 0.6) is 0 Å². The molecular formula is C20H19N3O4S. The third-order valence-electron chi connectivity index (χ3n) is 4.19. The van der Waals surface area contributed by atoms with Gasteiger partial charge in [0.1, 0.15) is 0 Å². The number of hydrogen-bond acceptors (Lipinski definition) is 5. The Labute approximate surface area is 165 Å². The molecule has 0 saturated heterocycles. The SMILES string of the molecule is CCn1c(SC(C)C(=O)Nc2ccc(C(=O)O)cc2)nc2ccccc2c1=O. The van der Waals surface area contributed by atoms with Crippen LogP contribution in [-0.4, -0.2) is 31.8 Å². The van der Waals surface area contributed by atoms with Gasteiger partial charge in [-0.2, -0.15) is 0 Å². The lowest BCUT2D eigenvalue weighted by Crippen LogP contribution is -2.26. The monoisotopic (exact) mass is 397 g/mol. The molecule has 1 atom stereocenters. The largest absolute Gasteiger partial charge is 0.478 e. The number of carboxylic acids is 1. The Morgan fingerprint density at radius 1 is 1.18 bits per heavy atom. The smallest absolute Gasteiger partial charge is 0.335 e. The minimum atomic E-state index is -1.03. The third kappa shape index (κ3) is 4.07. The van der Waals surface area contributed by atoms with Crippen LogP contribution in [-0.2, 0) is 11.3 Å². The minimum Gasteiger partial charge on any atom is -0.478 e. The standard InChI is InChI=1S/C20H19N3O4S/c1-3-23-18(25)15-6-4-5-7-16(15)22-20(23)28-12(2)17(24)21-14-10-8-13(9-11-14)19(26)27/h4-12H,3H2,1-2H3,(H,21,24)(H,26,27). The molecule has 0 spiro atoms. The van der Waals surface area contributed by atoms with E-state index in [2.05, 4.69) is 10.3 Å². The molecule has 0 aliphatic rings. The molecule has 1 amide bonds. The number of aromatic carboxylic acids is 1. The first-order chi connectivity index (χ1) is 13.4. The average molecular weight is 397 g/mol. The third-order valence-corrected chi connectivity index (χ3v) is 5.28. The van der Waals surface area contributed by atoms with Crippen molar-refractivity contribution < 1.29 is 14.7 Å². The number of fused-ring (bicyclic) bond motifs is 1. The number of aromatic nitrogens is 2. The second kappa shape index (κ2) is 8.26. The summed E-state index contributed by atoms with van der Waals surface area (Å²) in [6, 6.07) is 13.0. The molecule has 0 aliphatic carbocycles. The van der Waals surface area contributed by atoms with Crippen LogP contribution in [0.4, 0.5) is 5.69 Å². The van der Waals surface area contributed by atoms with E-state index in [1.807, 2.05) is 13.0 Å². The molecule has 144 valence electrons. The highest BCUT2D eigenvalue weighted by Crippen LogP contribution is 2.23. The highest BCUT2D eigenvalue weighted by Gasteiger charge is 2.19. The number of thioether (sulfide) groups is 1. The van der Waals surface area contributed by atoms with Crippen molar-refractivity contribution in [3.63, 3.8) is 0 Å². The summed E-state index contributed by atoms with van der Waals surface area (Å²) in [6.45, 7) is 4.04. The summed E-state index contributed by atoms with van der Waals surface area (Å²) in [7, 11) is 0. The Kier molecular flexibility index (Phi) is 5.79. The first-order valence-electron chi connectivity index (χ1n) is 8.71. The van der Waals surface area contributed by atoms with Crippen LogP contribution in [0, 0.1) is 0 Å². The van der Waals surface area contributed by atoms with E-state index >= 15 is 0 Å². The number of para-hydroxylation sites is 1. The van der Waals surface area contributed by atoms with E-state index in [1.165, 1.54) is 36.0 Å². The molecule has 0 bridgehead atoms. The molecule has 0 fully saturated rings. The van der Waals surface area contributed by atoms with Crippen LogP contribution in [0.25, 0.3) is 10.9 Å². The van der Waals surface area contributed by atoms with Crippen LogP contribution >= 0.6 is 11.8 Å². The first kappa shape index (κ1) is 19.6. The molecule has 3 rings (SSSR count). The Hall–Kier alpha value is -3.13. The number of nitrogens with one attached hydrogen (secondary N) is 1. The Balaban J connectivity index is 1.80. The van der Waals surface area contributed by atoms with E-state index in [4.69, 9.17) is 5.11 Å². The summed E-state index contributed by atoms with van der Waals surface area (Å²) < 4.78 is 1.55. The maximum atomic E-state index is 12.7. The molecule has 1 unspecified atom stereocenters. The van der Waals surface area contributed by atoms with Crippen LogP contribution < -0.4 is 10.9 Å². The van der Waals surface area contributed by atoms with Gasteiger partial charge in [0.05, 0.1) is 21.7 Å². The second-order valence-corrected chi connectivity index (χ2v) is 7.40. The quantitative estimate of drug-likeness (QED) is 0.489. The Morgan fingerprint density at radius 2 is 1.86 bits per heavy atom. The van der Waals surface area contributed by atoms with E-state index in [-0.39, 0.29) is 17.0 Å². The van der Waals surface area contributed by atoms with Crippen molar-refractivity contribution in [1.82, 2.24) is 9.55 Å². The molecule has 7 nitrogen and oxygen atoms in total. The van der Waals surface area contributed by atoms with E-state index in [0.29, 0.717) is 28.3 Å². The van der Waals surface area contributed by atoms with Gasteiger partial charge < -0.3 is 10.4 Å². The lowest BCUT2D eigenvalue weighted by atomic mass is 10.2. The van der Waals surface area contributed by atoms with Crippen molar-refractivity contribution in [2.75, 3.05) is 5.32 Å². The van der Waals surface area contributed by atoms with Crippen LogP contribution in [0.15, 0.2) is 58.5 Å². The second-order valence-electron chi connectivity index (χ2n) is 6.09. The molecule has 1 aromatic heterocycles. The summed E-state index contributed by atoms with van der Waals surface area (Å²) in [6.07, 6.45) is 0. The zero-order chi connectivity index (χ0) is 20.3. The topological polar surface area (TPSA) is 101 Å². The molecule has 3 aromatic rings. The normalized spacial score (nSPS) is 11.9. The number of carbonyl (C=O) groups is 2. The van der Waals surface area contributed by atoms with Gasteiger partial charge in [-0.25, -0.2) is 9.78 Å². The van der Waals surface area contributed by atoms with Gasteiger partial charge in [-0.1, -0.05) is 23.9 Å². The van der Waals surface area contributed by atoms with Crippen molar-refractivity contribution in [2.24, 2.45) is 0 Å². The van der Waals surface area contributed by atoms with Crippen molar-refractivity contribution in [2.45, 2.75) is 30.8 Å². The van der Waals surface area contributed by atoms with E-state index in [9.17, 15) is 14.4 Å². The highest BCUT2D eigenvalue weighted by atomic mass is 32.2. The predicted octanol–water partition coefficient (Wildman–Crippen LogP) is 3.23. The average Bonchev–Trinajstić information content (AvgIpc) is 2.68. The lowest BCUT2D eigenvalue weighted by molar-refractivity contribution is -0.115. The summed E-state index contributed by atoms with van der Waals surface area (Å²) in [4.78, 5) is 40.6. The van der Waals surface area contributed by atoms with Gasteiger partial charge in [0, 0.05) is 12.2 Å². The fourth-order valence-corrected chi connectivity index (χ4v) is 3.64. The summed E-state index contributed by atoms with van der Waals surface area (Å²) >= 11 is 1.20. The van der Waals surface area contributed by atoms with Crippen molar-refractivity contribution in [3.8, 4) is 0 Å². The van der Waals surface area contributed by atoms with Gasteiger partial charge in [-0.15, -0.1) is 0 Å². The maximum Gasteiger partial charge on any atom is 0.335 e. The predicted molar refractivity (Wildman–Crippen MR) is 109 cm³/mol. The van der Waals surface area contributed by atoms with Crippen LogP contribution in [0.2, 0.25) is 0 Å². The molecule has 8 heteroatoms. The van der Waals surface area contributed by atoms with E-state index in [1.54, 1.807) is 29.7 Å². The number of anilines is 1. The summed E-state index contributed by atoms with van der Waals surface area (Å²) in [5, 5.41) is 12.2. The number of hydrogen-bond donors (Lipinski definition) is 2. The van der Waals surface area contributed by atoms with E-state index < -0.39 is 11.2 Å². The number of carboxylic acid groups (broad SMARTS) is 1. The van der Waals surface area contributed by atoms with E-state index in [0.717, 1.165) is 0 Å². The molecule has 0 aliphatic heterocycles. The fourth-order valence-electron chi connectivity index (χ4n) is 2.67. The fraction of sp³-hybridized carbons (Fsp3) is 0.200. The number of carbonyl (C=O) groups excluding carboxylic acids is 1. The highest BCUT2D eigenvalue weighted by molar-refractivity contribution is 8.00. The number of benzene rings is 2. The van der Waals surface area contributed by atoms with Gasteiger partial charge in [0.25, 0.3) is 5.56 Å². The first-order valence-corrected chi connectivity index (χ1v) is 9.59. The van der Waals surface area contributed by atoms with Crippen LogP contribution in [0.3, 0.4) is 0 Å². The van der Waals surface area contributed by atoms with Gasteiger partial charge in [-0.3, -0.25) is 14.2 Å². The van der Waals surface area contributed by atoms with Crippen molar-refractivity contribution >= 4 is 40.2 Å². The molecule has 2 aromatic carbocycles. The van der Waals surface area contributed by atoms with Crippen LogP contribution in [0.1, 0.15) is 24.2 Å². The molecular weight excluding hydrogens is 378 g/mol. The zero-order valence-corrected chi connectivity index (χ0v) is 16.2. The summed E-state index contributed by atoms with van der Waals surface area (Å²) in [5.74, 6) is -1.29. The van der Waals surface area contributed by atoms with Gasteiger partial charge >= 0.3 is 5.97 Å². The van der Waals surface area contributed by atoms with Crippen molar-refractivity contribution in [3.05, 3.63) is 64.4 Å². The zero-order valence-electron chi connectivity index (χ0n) is 15.4. The number of amides is 1. The van der Waals surface area contributed by atoms with Crippen molar-refractivity contribution in [1.29, 1.82) is 0 Å². The molecule has 0 saturated carbocycles. The lowest BCUT2D eigenvalue weighted by Gasteiger charge is -2.15. The molecule has 0 radical (unpaired) electrons. The minimum absolute atomic E-state index is 0.132. The number of rotatable bonds is 6. The Morgan fingerprint density at radius 3 is 2.50 bits per heavy atom. The number of nitrogens with zero attached hydrogens (tertiary/aromatic N) is 2. The summed E-state index contributed by atoms with van der Waals surface area (Å²) in [5.41, 5.74) is 1.11. The van der Waals surface area contributed by atoms with Gasteiger partial charge in [0.15, 0.2) is 5.16 Å². The molecule has 1 heterocycles.